The maximum Gasteiger partial charge on any atom is 0.276 e. The molecule has 3 heterocycles. The lowest BCUT2D eigenvalue weighted by atomic mass is 10.1. The number of anilines is 1. The molecule has 0 saturated carbocycles. The summed E-state index contributed by atoms with van der Waals surface area (Å²) >= 11 is 1.65. The molecule has 0 bridgehead atoms. The predicted molar refractivity (Wildman–Crippen MR) is 123 cm³/mol. The quantitative estimate of drug-likeness (QED) is 0.450. The average molecular weight is 430 g/mol. The van der Waals surface area contributed by atoms with Gasteiger partial charge in [0, 0.05) is 34.8 Å². The molecule has 31 heavy (non-hydrogen) atoms. The van der Waals surface area contributed by atoms with Crippen molar-refractivity contribution in [1.29, 1.82) is 0 Å². The van der Waals surface area contributed by atoms with E-state index < -0.39 is 0 Å². The molecule has 0 aliphatic rings. The number of aromatic nitrogens is 4. The van der Waals surface area contributed by atoms with Crippen molar-refractivity contribution >= 4 is 38.8 Å². The third kappa shape index (κ3) is 3.62. The van der Waals surface area contributed by atoms with E-state index in [4.69, 9.17) is 4.98 Å². The van der Waals surface area contributed by atoms with Crippen molar-refractivity contribution < 1.29 is 4.79 Å². The summed E-state index contributed by atoms with van der Waals surface area (Å²) in [4.78, 5) is 34.2. The molecule has 0 aliphatic heterocycles. The Bertz CT molecular complexity index is 1490. The van der Waals surface area contributed by atoms with Crippen LogP contribution in [-0.4, -0.2) is 25.5 Å². The lowest BCUT2D eigenvalue weighted by molar-refractivity contribution is -0.115. The van der Waals surface area contributed by atoms with E-state index in [1.165, 1.54) is 10.1 Å². The van der Waals surface area contributed by atoms with Crippen molar-refractivity contribution in [2.24, 2.45) is 0 Å². The van der Waals surface area contributed by atoms with E-state index in [1.807, 2.05) is 30.3 Å². The van der Waals surface area contributed by atoms with Crippen LogP contribution >= 0.6 is 11.3 Å². The lowest BCUT2D eigenvalue weighted by Gasteiger charge is -2.08. The van der Waals surface area contributed by atoms with Gasteiger partial charge in [-0.2, -0.15) is 0 Å². The first kappa shape index (κ1) is 19.2. The van der Waals surface area contributed by atoms with E-state index in [0.29, 0.717) is 22.6 Å². The molecule has 5 rings (SSSR count). The Kier molecular flexibility index (Phi) is 4.63. The number of hydrogen-bond acceptors (Lipinski definition) is 5. The Balaban J connectivity index is 1.33. The van der Waals surface area contributed by atoms with E-state index >= 15 is 0 Å². The van der Waals surface area contributed by atoms with E-state index in [-0.39, 0.29) is 17.9 Å². The van der Waals surface area contributed by atoms with Gasteiger partial charge in [-0.1, -0.05) is 6.07 Å². The van der Waals surface area contributed by atoms with E-state index in [1.54, 1.807) is 30.5 Å². The molecule has 8 heteroatoms. The third-order valence-electron chi connectivity index (χ3n) is 5.14. The van der Waals surface area contributed by atoms with Crippen molar-refractivity contribution in [3.8, 4) is 10.6 Å². The van der Waals surface area contributed by atoms with Gasteiger partial charge in [-0.3, -0.25) is 14.7 Å². The van der Waals surface area contributed by atoms with Crippen molar-refractivity contribution in [3.63, 3.8) is 0 Å². The molecule has 154 valence electrons. The third-order valence-corrected chi connectivity index (χ3v) is 6.21. The molecule has 7 nitrogen and oxygen atoms in total. The number of aryl methyl sites for hydroxylation is 2. The molecule has 2 aromatic carbocycles. The highest BCUT2D eigenvalue weighted by molar-refractivity contribution is 7.21. The smallest absolute Gasteiger partial charge is 0.276 e. The molecule has 1 amide bonds. The normalized spacial score (nSPS) is 11.3. The second-order valence-corrected chi connectivity index (χ2v) is 8.46. The van der Waals surface area contributed by atoms with Crippen LogP contribution < -0.4 is 10.9 Å². The lowest BCUT2D eigenvalue weighted by Crippen LogP contribution is -2.26. The van der Waals surface area contributed by atoms with Crippen molar-refractivity contribution in [1.82, 2.24) is 19.6 Å². The zero-order valence-electron chi connectivity index (χ0n) is 17.0. The number of nitrogens with zero attached hydrogens (tertiary/aromatic N) is 3. The van der Waals surface area contributed by atoms with Crippen LogP contribution in [0.1, 0.15) is 16.8 Å². The fraction of sp³-hybridized carbons (Fsp3) is 0.130. The first-order valence-electron chi connectivity index (χ1n) is 9.81. The van der Waals surface area contributed by atoms with Crippen molar-refractivity contribution in [3.05, 3.63) is 81.9 Å². The van der Waals surface area contributed by atoms with Gasteiger partial charge in [-0.25, -0.2) is 14.5 Å². The highest BCUT2D eigenvalue weighted by Gasteiger charge is 2.15. The monoisotopic (exact) mass is 429 g/mol. The van der Waals surface area contributed by atoms with Gasteiger partial charge in [0.2, 0.25) is 5.91 Å². The van der Waals surface area contributed by atoms with Crippen LogP contribution in [0.4, 0.5) is 5.69 Å². The zero-order chi connectivity index (χ0) is 21.5. The largest absolute Gasteiger partial charge is 0.326 e. The number of aromatic amines is 1. The number of H-pyrrole nitrogens is 1. The molecule has 0 unspecified atom stereocenters. The second kappa shape index (κ2) is 7.48. The number of fused-ring (bicyclic) bond motifs is 2. The fourth-order valence-corrected chi connectivity index (χ4v) is 4.60. The Morgan fingerprint density at radius 3 is 2.71 bits per heavy atom. The molecule has 0 radical (unpaired) electrons. The van der Waals surface area contributed by atoms with Crippen LogP contribution in [0, 0.1) is 13.8 Å². The van der Waals surface area contributed by atoms with E-state index in [9.17, 15) is 9.59 Å². The summed E-state index contributed by atoms with van der Waals surface area (Å²) in [5.74, 6) is -0.267. The number of thiazole rings is 1. The van der Waals surface area contributed by atoms with Gasteiger partial charge in [0.25, 0.3) is 5.56 Å². The Labute approximate surface area is 181 Å². The first-order valence-corrected chi connectivity index (χ1v) is 10.6. The molecule has 0 fully saturated rings. The minimum Gasteiger partial charge on any atom is -0.326 e. The standard InChI is InChI=1S/C23H19N5O2S/c1-13-3-8-18-19(11-13)31-22(27-18)15-4-6-16(7-5-15)26-21(29)12-17-14(2)25-20-9-10-24-28(20)23(17)30/h3-11,24H,12H2,1-2H3,(H,26,29). The molecule has 2 N–H and O–H groups in total. The number of carbonyl (C=O) groups is 1. The van der Waals surface area contributed by atoms with Gasteiger partial charge in [0.1, 0.15) is 5.01 Å². The summed E-state index contributed by atoms with van der Waals surface area (Å²) in [6, 6.07) is 15.5. The predicted octanol–water partition coefficient (Wildman–Crippen LogP) is 4.10. The van der Waals surface area contributed by atoms with Crippen molar-refractivity contribution in [2.75, 3.05) is 5.32 Å². The average Bonchev–Trinajstić information content (AvgIpc) is 3.38. The van der Waals surface area contributed by atoms with Gasteiger partial charge >= 0.3 is 0 Å². The van der Waals surface area contributed by atoms with Crippen LogP contribution in [0.5, 0.6) is 0 Å². The summed E-state index contributed by atoms with van der Waals surface area (Å²) in [6.07, 6.45) is 1.60. The highest BCUT2D eigenvalue weighted by Crippen LogP contribution is 2.31. The fourth-order valence-electron chi connectivity index (χ4n) is 3.53. The minimum absolute atomic E-state index is 0.0431. The second-order valence-electron chi connectivity index (χ2n) is 7.43. The number of benzene rings is 2. The molecule has 5 aromatic rings. The zero-order valence-corrected chi connectivity index (χ0v) is 17.8. The van der Waals surface area contributed by atoms with Gasteiger partial charge in [-0.05, 0) is 55.8 Å². The summed E-state index contributed by atoms with van der Waals surface area (Å²) in [6.45, 7) is 3.81. The number of hydrogen-bond donors (Lipinski definition) is 2. The Morgan fingerprint density at radius 2 is 1.90 bits per heavy atom. The molecular weight excluding hydrogens is 410 g/mol. The molecular formula is C23H19N5O2S. The van der Waals surface area contributed by atoms with Crippen LogP contribution in [0.3, 0.4) is 0 Å². The number of amides is 1. The van der Waals surface area contributed by atoms with Gasteiger partial charge in [0.05, 0.1) is 16.6 Å². The summed E-state index contributed by atoms with van der Waals surface area (Å²) in [7, 11) is 0. The topological polar surface area (TPSA) is 92.2 Å². The maximum atomic E-state index is 12.6. The van der Waals surface area contributed by atoms with Crippen LogP contribution in [-0.2, 0) is 11.2 Å². The molecule has 0 aliphatic carbocycles. The number of nitrogens with one attached hydrogen (secondary N) is 2. The van der Waals surface area contributed by atoms with E-state index in [2.05, 4.69) is 34.5 Å². The highest BCUT2D eigenvalue weighted by atomic mass is 32.1. The maximum absolute atomic E-state index is 12.6. The minimum atomic E-state index is -0.267. The summed E-state index contributed by atoms with van der Waals surface area (Å²) in [5.41, 5.74) is 5.06. The summed E-state index contributed by atoms with van der Waals surface area (Å²) in [5, 5.41) is 6.61. The molecule has 3 aromatic heterocycles. The Morgan fingerprint density at radius 1 is 1.10 bits per heavy atom. The Hall–Kier alpha value is -3.78. The van der Waals surface area contributed by atoms with Crippen LogP contribution in [0.2, 0.25) is 0 Å². The van der Waals surface area contributed by atoms with Gasteiger partial charge < -0.3 is 5.32 Å². The molecule has 0 saturated heterocycles. The van der Waals surface area contributed by atoms with Crippen molar-refractivity contribution in [2.45, 2.75) is 20.3 Å². The number of rotatable bonds is 4. The van der Waals surface area contributed by atoms with Gasteiger partial charge in [-0.15, -0.1) is 11.3 Å². The molecule has 0 spiro atoms. The van der Waals surface area contributed by atoms with Crippen LogP contribution in [0.25, 0.3) is 26.4 Å². The SMILES string of the molecule is Cc1ccc2nc(-c3ccc(NC(=O)Cc4c(C)nc5cc[nH]n5c4=O)cc3)sc2c1. The number of carbonyl (C=O) groups excluding carboxylic acids is 1. The summed E-state index contributed by atoms with van der Waals surface area (Å²) < 4.78 is 2.49. The van der Waals surface area contributed by atoms with Crippen LogP contribution in [0.15, 0.2) is 59.5 Å². The molecule has 0 atom stereocenters. The van der Waals surface area contributed by atoms with Gasteiger partial charge in [0.15, 0.2) is 5.65 Å². The first-order chi connectivity index (χ1) is 15.0. The van der Waals surface area contributed by atoms with E-state index in [0.717, 1.165) is 20.8 Å².